The summed E-state index contributed by atoms with van der Waals surface area (Å²) in [5.41, 5.74) is 5.64. The Kier molecular flexibility index (Phi) is 3.95. The van der Waals surface area contributed by atoms with Crippen LogP contribution >= 0.6 is 0 Å². The second-order valence-electron chi connectivity index (χ2n) is 4.05. The zero-order chi connectivity index (χ0) is 8.20. The normalized spacial score (nSPS) is 15.3. The van der Waals surface area contributed by atoms with E-state index in [1.165, 1.54) is 6.42 Å². The SMILES string of the molecule is [CH2]C(C)(C)CC(C)CCN. The quantitative estimate of drug-likeness (QED) is 0.640. The summed E-state index contributed by atoms with van der Waals surface area (Å²) in [6, 6.07) is 0. The largest absolute Gasteiger partial charge is 0.330 e. The molecule has 1 unspecified atom stereocenters. The maximum Gasteiger partial charge on any atom is -0.00747 e. The fourth-order valence-electron chi connectivity index (χ4n) is 1.33. The molecule has 0 aliphatic rings. The van der Waals surface area contributed by atoms with Crippen LogP contribution in [0.5, 0.6) is 0 Å². The van der Waals surface area contributed by atoms with Gasteiger partial charge in [0.15, 0.2) is 0 Å². The van der Waals surface area contributed by atoms with Crippen LogP contribution < -0.4 is 5.73 Å². The highest BCUT2D eigenvalue weighted by Crippen LogP contribution is 2.24. The molecule has 10 heavy (non-hydrogen) atoms. The van der Waals surface area contributed by atoms with Gasteiger partial charge in [0.1, 0.15) is 0 Å². The van der Waals surface area contributed by atoms with Gasteiger partial charge in [0, 0.05) is 0 Å². The Labute approximate surface area is 65.0 Å². The van der Waals surface area contributed by atoms with Crippen LogP contribution in [0.15, 0.2) is 0 Å². The van der Waals surface area contributed by atoms with E-state index in [1.54, 1.807) is 0 Å². The molecule has 0 bridgehead atoms. The Bertz CT molecular complexity index is 81.2. The first-order valence-corrected chi connectivity index (χ1v) is 4.01. The topological polar surface area (TPSA) is 26.0 Å². The molecule has 1 heteroatoms. The zero-order valence-corrected chi connectivity index (χ0v) is 7.48. The van der Waals surface area contributed by atoms with Crippen molar-refractivity contribution in [3.63, 3.8) is 0 Å². The molecule has 2 N–H and O–H groups in total. The van der Waals surface area contributed by atoms with E-state index in [4.69, 9.17) is 5.73 Å². The lowest BCUT2D eigenvalue weighted by Crippen LogP contribution is -2.14. The van der Waals surface area contributed by atoms with Crippen LogP contribution in [0.2, 0.25) is 0 Å². The third-order valence-corrected chi connectivity index (χ3v) is 1.56. The third kappa shape index (κ3) is 6.09. The molecule has 0 saturated carbocycles. The Hall–Kier alpha value is -0.0400. The minimum atomic E-state index is 0.217. The monoisotopic (exact) mass is 142 g/mol. The Balaban J connectivity index is 3.47. The van der Waals surface area contributed by atoms with Gasteiger partial charge in [0.2, 0.25) is 0 Å². The van der Waals surface area contributed by atoms with Crippen molar-refractivity contribution in [1.82, 2.24) is 0 Å². The molecule has 0 saturated heterocycles. The van der Waals surface area contributed by atoms with Gasteiger partial charge in [-0.1, -0.05) is 20.8 Å². The highest BCUT2D eigenvalue weighted by Gasteiger charge is 2.14. The van der Waals surface area contributed by atoms with Crippen molar-refractivity contribution in [1.29, 1.82) is 0 Å². The van der Waals surface area contributed by atoms with Crippen molar-refractivity contribution in [2.24, 2.45) is 17.1 Å². The van der Waals surface area contributed by atoms with Crippen LogP contribution in [-0.4, -0.2) is 6.54 Å². The first-order valence-electron chi connectivity index (χ1n) is 4.01. The van der Waals surface area contributed by atoms with E-state index in [1.807, 2.05) is 0 Å². The standard InChI is InChI=1S/C9H20N/c1-8(5-6-10)7-9(2,3)4/h8H,2,5-7,10H2,1,3-4H3. The highest BCUT2D eigenvalue weighted by atomic mass is 14.5. The second-order valence-corrected chi connectivity index (χ2v) is 4.05. The van der Waals surface area contributed by atoms with Gasteiger partial charge >= 0.3 is 0 Å². The molecule has 0 aliphatic carbocycles. The van der Waals surface area contributed by atoms with Crippen LogP contribution in [0, 0.1) is 18.3 Å². The van der Waals surface area contributed by atoms with Crippen LogP contribution in [0.4, 0.5) is 0 Å². The Morgan fingerprint density at radius 1 is 1.50 bits per heavy atom. The summed E-state index contributed by atoms with van der Waals surface area (Å²) in [7, 11) is 0. The van der Waals surface area contributed by atoms with Crippen molar-refractivity contribution < 1.29 is 0 Å². The smallest absolute Gasteiger partial charge is 0.00747 e. The minimum absolute atomic E-state index is 0.217. The fraction of sp³-hybridized carbons (Fsp3) is 0.889. The lowest BCUT2D eigenvalue weighted by atomic mass is 9.84. The van der Waals surface area contributed by atoms with Crippen molar-refractivity contribution >= 4 is 0 Å². The van der Waals surface area contributed by atoms with Gasteiger partial charge in [-0.05, 0) is 37.6 Å². The van der Waals surface area contributed by atoms with Gasteiger partial charge in [-0.3, -0.25) is 0 Å². The van der Waals surface area contributed by atoms with Gasteiger partial charge in [-0.2, -0.15) is 0 Å². The van der Waals surface area contributed by atoms with Crippen LogP contribution in [-0.2, 0) is 0 Å². The van der Waals surface area contributed by atoms with Gasteiger partial charge in [-0.15, -0.1) is 0 Å². The molecular formula is C9H20N. The summed E-state index contributed by atoms with van der Waals surface area (Å²) < 4.78 is 0. The average Bonchev–Trinajstić information content (AvgIpc) is 1.59. The number of hydrogen-bond acceptors (Lipinski definition) is 1. The summed E-state index contributed by atoms with van der Waals surface area (Å²) in [6.07, 6.45) is 2.29. The van der Waals surface area contributed by atoms with Crippen molar-refractivity contribution in [2.75, 3.05) is 6.54 Å². The Morgan fingerprint density at radius 2 is 2.00 bits per heavy atom. The number of rotatable bonds is 4. The molecule has 0 aromatic carbocycles. The van der Waals surface area contributed by atoms with Gasteiger partial charge in [0.05, 0.1) is 0 Å². The molecule has 1 nitrogen and oxygen atoms in total. The fourth-order valence-corrected chi connectivity index (χ4v) is 1.33. The molecule has 0 aromatic heterocycles. The second kappa shape index (κ2) is 3.97. The summed E-state index contributed by atoms with van der Waals surface area (Å²) in [5.74, 6) is 0.720. The lowest BCUT2D eigenvalue weighted by molar-refractivity contribution is 0.335. The van der Waals surface area contributed by atoms with Gasteiger partial charge in [0.25, 0.3) is 0 Å². The van der Waals surface area contributed by atoms with E-state index >= 15 is 0 Å². The maximum atomic E-state index is 5.43. The summed E-state index contributed by atoms with van der Waals surface area (Å²) >= 11 is 0. The zero-order valence-electron chi connectivity index (χ0n) is 7.48. The van der Waals surface area contributed by atoms with Crippen LogP contribution in [0.3, 0.4) is 0 Å². The lowest BCUT2D eigenvalue weighted by Gasteiger charge is -2.22. The van der Waals surface area contributed by atoms with E-state index in [2.05, 4.69) is 27.7 Å². The average molecular weight is 142 g/mol. The highest BCUT2D eigenvalue weighted by molar-refractivity contribution is 4.73. The van der Waals surface area contributed by atoms with E-state index < -0.39 is 0 Å². The molecule has 1 radical (unpaired) electrons. The molecule has 0 aliphatic heterocycles. The van der Waals surface area contributed by atoms with Crippen molar-refractivity contribution in [2.45, 2.75) is 33.6 Å². The molecule has 0 amide bonds. The van der Waals surface area contributed by atoms with Crippen molar-refractivity contribution in [3.8, 4) is 0 Å². The number of nitrogens with two attached hydrogens (primary N) is 1. The maximum absolute atomic E-state index is 5.43. The van der Waals surface area contributed by atoms with E-state index in [-0.39, 0.29) is 5.41 Å². The predicted molar refractivity (Wildman–Crippen MR) is 46.6 cm³/mol. The molecule has 0 rings (SSSR count). The van der Waals surface area contributed by atoms with Crippen LogP contribution in [0.25, 0.3) is 0 Å². The summed E-state index contributed by atoms with van der Waals surface area (Å²) in [6.45, 7) is 11.4. The summed E-state index contributed by atoms with van der Waals surface area (Å²) in [5, 5.41) is 0. The predicted octanol–water partition coefficient (Wildman–Crippen LogP) is 2.22. The van der Waals surface area contributed by atoms with E-state index in [0.717, 1.165) is 18.9 Å². The van der Waals surface area contributed by atoms with Crippen LogP contribution in [0.1, 0.15) is 33.6 Å². The van der Waals surface area contributed by atoms with Crippen molar-refractivity contribution in [3.05, 3.63) is 6.92 Å². The Morgan fingerprint density at radius 3 is 2.30 bits per heavy atom. The molecule has 61 valence electrons. The first kappa shape index (κ1) is 9.96. The van der Waals surface area contributed by atoms with Gasteiger partial charge < -0.3 is 5.73 Å². The molecule has 0 aromatic rings. The summed E-state index contributed by atoms with van der Waals surface area (Å²) in [4.78, 5) is 0. The molecule has 0 fully saturated rings. The van der Waals surface area contributed by atoms with E-state index in [9.17, 15) is 0 Å². The first-order chi connectivity index (χ1) is 4.45. The number of hydrogen-bond donors (Lipinski definition) is 1. The van der Waals surface area contributed by atoms with E-state index in [0.29, 0.717) is 0 Å². The molecule has 1 atom stereocenters. The molecule has 0 spiro atoms. The molecular weight excluding hydrogens is 122 g/mol. The van der Waals surface area contributed by atoms with Gasteiger partial charge in [-0.25, -0.2) is 0 Å². The minimum Gasteiger partial charge on any atom is -0.330 e. The third-order valence-electron chi connectivity index (χ3n) is 1.56. The molecule has 0 heterocycles.